The van der Waals surface area contributed by atoms with E-state index in [-0.39, 0.29) is 23.5 Å². The smallest absolute Gasteiger partial charge is 0.246 e. The van der Waals surface area contributed by atoms with Crippen LogP contribution in [0, 0.1) is 0 Å². The molecule has 1 aromatic rings. The third kappa shape index (κ3) is 4.50. The summed E-state index contributed by atoms with van der Waals surface area (Å²) in [4.78, 5) is 13.7. The summed E-state index contributed by atoms with van der Waals surface area (Å²) in [7, 11) is 0.187. The van der Waals surface area contributed by atoms with Crippen molar-refractivity contribution >= 4 is 21.8 Å². The van der Waals surface area contributed by atoms with Gasteiger partial charge in [0.1, 0.15) is 0 Å². The molecule has 1 atom stereocenters. The Morgan fingerprint density at radius 1 is 1.38 bits per heavy atom. The molecule has 1 amide bonds. The zero-order chi connectivity index (χ0) is 17.7. The van der Waals surface area contributed by atoms with Crippen molar-refractivity contribution in [2.75, 3.05) is 32.3 Å². The van der Waals surface area contributed by atoms with Crippen molar-refractivity contribution < 1.29 is 22.7 Å². The second-order valence-corrected chi connectivity index (χ2v) is 7.91. The molecule has 24 heavy (non-hydrogen) atoms. The molecule has 132 valence electrons. The highest BCUT2D eigenvalue weighted by atomic mass is 32.2. The van der Waals surface area contributed by atoms with Gasteiger partial charge in [-0.3, -0.25) is 4.79 Å². The van der Waals surface area contributed by atoms with Gasteiger partial charge in [-0.15, -0.1) is 0 Å². The second kappa shape index (κ2) is 7.70. The largest absolute Gasteiger partial charge is 0.493 e. The number of hydrogen-bond donors (Lipinski definition) is 0. The number of ether oxygens (including phenoxy) is 2. The van der Waals surface area contributed by atoms with Crippen molar-refractivity contribution in [1.82, 2.24) is 4.90 Å². The van der Waals surface area contributed by atoms with Gasteiger partial charge in [0.15, 0.2) is 21.3 Å². The molecule has 1 aliphatic heterocycles. The molecular formula is C17H23NO5S. The third-order valence-electron chi connectivity index (χ3n) is 4.01. The average Bonchev–Trinajstić information content (AvgIpc) is 2.93. The van der Waals surface area contributed by atoms with E-state index >= 15 is 0 Å². The Morgan fingerprint density at radius 3 is 2.71 bits per heavy atom. The van der Waals surface area contributed by atoms with Crippen LogP contribution < -0.4 is 9.47 Å². The number of amides is 1. The fourth-order valence-electron chi connectivity index (χ4n) is 2.61. The lowest BCUT2D eigenvalue weighted by Crippen LogP contribution is -2.36. The first-order valence-electron chi connectivity index (χ1n) is 7.82. The van der Waals surface area contributed by atoms with E-state index < -0.39 is 9.84 Å². The fraction of sp³-hybridized carbons (Fsp3) is 0.471. The van der Waals surface area contributed by atoms with Gasteiger partial charge in [-0.1, -0.05) is 6.07 Å². The number of sulfone groups is 1. The van der Waals surface area contributed by atoms with Crippen molar-refractivity contribution in [3.8, 4) is 11.5 Å². The SMILES string of the molecule is CCOc1ccc(/C=C/C(=O)N(C)[C@H]2CCS(=O)(=O)C2)cc1OC. The molecule has 0 radical (unpaired) electrons. The molecule has 1 fully saturated rings. The summed E-state index contributed by atoms with van der Waals surface area (Å²) < 4.78 is 33.8. The molecule has 0 bridgehead atoms. The highest BCUT2D eigenvalue weighted by Crippen LogP contribution is 2.28. The van der Waals surface area contributed by atoms with Gasteiger partial charge in [0.2, 0.25) is 5.91 Å². The Hall–Kier alpha value is -2.02. The normalized spacial score (nSPS) is 19.4. The van der Waals surface area contributed by atoms with Gasteiger partial charge in [-0.05, 0) is 37.1 Å². The van der Waals surface area contributed by atoms with E-state index in [0.717, 1.165) is 5.56 Å². The Morgan fingerprint density at radius 2 is 2.12 bits per heavy atom. The highest BCUT2D eigenvalue weighted by molar-refractivity contribution is 7.91. The summed E-state index contributed by atoms with van der Waals surface area (Å²) in [6.45, 7) is 2.43. The second-order valence-electron chi connectivity index (χ2n) is 5.68. The number of carbonyl (C=O) groups excluding carboxylic acids is 1. The molecular weight excluding hydrogens is 330 g/mol. The average molecular weight is 353 g/mol. The highest BCUT2D eigenvalue weighted by Gasteiger charge is 2.31. The number of nitrogens with zero attached hydrogens (tertiary/aromatic N) is 1. The molecule has 1 saturated heterocycles. The van der Waals surface area contributed by atoms with Gasteiger partial charge in [0.05, 0.1) is 25.2 Å². The maximum Gasteiger partial charge on any atom is 0.246 e. The van der Waals surface area contributed by atoms with Crippen molar-refractivity contribution in [3.63, 3.8) is 0 Å². The van der Waals surface area contributed by atoms with Gasteiger partial charge < -0.3 is 14.4 Å². The third-order valence-corrected chi connectivity index (χ3v) is 5.76. The lowest BCUT2D eigenvalue weighted by Gasteiger charge is -2.21. The van der Waals surface area contributed by atoms with Crippen LogP contribution in [0.1, 0.15) is 18.9 Å². The van der Waals surface area contributed by atoms with Gasteiger partial charge in [0.25, 0.3) is 0 Å². The molecule has 1 aromatic carbocycles. The van der Waals surface area contributed by atoms with Crippen LogP contribution in [0.4, 0.5) is 0 Å². The summed E-state index contributed by atoms with van der Waals surface area (Å²) in [5.74, 6) is 1.22. The number of rotatable bonds is 6. The maximum absolute atomic E-state index is 12.2. The van der Waals surface area contributed by atoms with Crippen LogP contribution in [0.15, 0.2) is 24.3 Å². The molecule has 0 aliphatic carbocycles. The molecule has 2 rings (SSSR count). The lowest BCUT2D eigenvalue weighted by atomic mass is 10.1. The lowest BCUT2D eigenvalue weighted by molar-refractivity contribution is -0.126. The summed E-state index contributed by atoms with van der Waals surface area (Å²) >= 11 is 0. The van der Waals surface area contributed by atoms with Crippen LogP contribution in [0.25, 0.3) is 6.08 Å². The Kier molecular flexibility index (Phi) is 5.88. The summed E-state index contributed by atoms with van der Waals surface area (Å²) in [6.07, 6.45) is 3.62. The number of carbonyl (C=O) groups is 1. The van der Waals surface area contributed by atoms with Crippen molar-refractivity contribution in [3.05, 3.63) is 29.8 Å². The van der Waals surface area contributed by atoms with Crippen LogP contribution in [0.3, 0.4) is 0 Å². The topological polar surface area (TPSA) is 72.9 Å². The molecule has 6 nitrogen and oxygen atoms in total. The minimum atomic E-state index is -3.01. The van der Waals surface area contributed by atoms with Gasteiger partial charge in [-0.2, -0.15) is 0 Å². The first kappa shape index (κ1) is 18.3. The maximum atomic E-state index is 12.2. The van der Waals surface area contributed by atoms with E-state index in [1.54, 1.807) is 32.4 Å². The number of hydrogen-bond acceptors (Lipinski definition) is 5. The zero-order valence-electron chi connectivity index (χ0n) is 14.2. The molecule has 0 saturated carbocycles. The predicted molar refractivity (Wildman–Crippen MR) is 93.0 cm³/mol. The van der Waals surface area contributed by atoms with Crippen LogP contribution in [-0.2, 0) is 14.6 Å². The first-order chi connectivity index (χ1) is 11.4. The molecule has 0 unspecified atom stereocenters. The van der Waals surface area contributed by atoms with Gasteiger partial charge in [0, 0.05) is 19.2 Å². The molecule has 1 aliphatic rings. The van der Waals surface area contributed by atoms with E-state index in [0.29, 0.717) is 24.5 Å². The van der Waals surface area contributed by atoms with Crippen molar-refractivity contribution in [2.45, 2.75) is 19.4 Å². The Balaban J connectivity index is 2.05. The molecule has 0 aromatic heterocycles. The number of methoxy groups -OCH3 is 1. The minimum Gasteiger partial charge on any atom is -0.493 e. The summed E-state index contributed by atoms with van der Waals surface area (Å²) in [5.41, 5.74) is 0.802. The van der Waals surface area contributed by atoms with E-state index in [1.165, 1.54) is 11.0 Å². The Bertz CT molecular complexity index is 726. The Labute approximate surface area is 143 Å². The standard InChI is InChI=1S/C17H23NO5S/c1-4-23-15-7-5-13(11-16(15)22-3)6-8-17(19)18(2)14-9-10-24(20,21)12-14/h5-8,11,14H,4,9-10,12H2,1-3H3/b8-6+/t14-/m0/s1. The fourth-order valence-corrected chi connectivity index (χ4v) is 4.38. The number of likely N-dealkylation sites (N-methyl/N-ethyl adjacent to an activating group) is 1. The van der Waals surface area contributed by atoms with Crippen LogP contribution >= 0.6 is 0 Å². The minimum absolute atomic E-state index is 0.0416. The van der Waals surface area contributed by atoms with E-state index in [9.17, 15) is 13.2 Å². The number of benzene rings is 1. The van der Waals surface area contributed by atoms with Gasteiger partial charge >= 0.3 is 0 Å². The molecule has 0 spiro atoms. The van der Waals surface area contributed by atoms with Crippen molar-refractivity contribution in [2.24, 2.45) is 0 Å². The van der Waals surface area contributed by atoms with E-state index in [1.807, 2.05) is 13.0 Å². The quantitative estimate of drug-likeness (QED) is 0.729. The monoisotopic (exact) mass is 353 g/mol. The van der Waals surface area contributed by atoms with Gasteiger partial charge in [-0.25, -0.2) is 8.42 Å². The van der Waals surface area contributed by atoms with Crippen molar-refractivity contribution in [1.29, 1.82) is 0 Å². The summed E-state index contributed by atoms with van der Waals surface area (Å²) in [5, 5.41) is 0. The van der Waals surface area contributed by atoms with E-state index in [2.05, 4.69) is 0 Å². The predicted octanol–water partition coefficient (Wildman–Crippen LogP) is 1.75. The molecule has 1 heterocycles. The molecule has 7 heteroatoms. The molecule has 0 N–H and O–H groups in total. The van der Waals surface area contributed by atoms with Crippen LogP contribution in [0.2, 0.25) is 0 Å². The van der Waals surface area contributed by atoms with E-state index in [4.69, 9.17) is 9.47 Å². The van der Waals surface area contributed by atoms with Crippen LogP contribution in [0.5, 0.6) is 11.5 Å². The first-order valence-corrected chi connectivity index (χ1v) is 9.64. The van der Waals surface area contributed by atoms with Crippen LogP contribution in [-0.4, -0.2) is 57.5 Å². The zero-order valence-corrected chi connectivity index (χ0v) is 15.0. The summed E-state index contributed by atoms with van der Waals surface area (Å²) in [6, 6.07) is 5.16.